The van der Waals surface area contributed by atoms with Crippen LogP contribution in [0.5, 0.6) is 5.75 Å². The molecule has 8 heteroatoms. The molecule has 2 aromatic carbocycles. The minimum Gasteiger partial charge on any atom is -0.482 e. The first-order valence-corrected chi connectivity index (χ1v) is 10.6. The molecule has 2 aliphatic rings. The second kappa shape index (κ2) is 7.89. The predicted octanol–water partition coefficient (Wildman–Crippen LogP) is 3.28. The maximum absolute atomic E-state index is 12.7. The summed E-state index contributed by atoms with van der Waals surface area (Å²) in [6.45, 7) is 2.65. The maximum atomic E-state index is 12.7. The van der Waals surface area contributed by atoms with Crippen molar-refractivity contribution >= 4 is 34.0 Å². The number of amides is 2. The fourth-order valence-electron chi connectivity index (χ4n) is 3.66. The summed E-state index contributed by atoms with van der Waals surface area (Å²) in [6, 6.07) is 15.4. The van der Waals surface area contributed by atoms with Crippen LogP contribution in [-0.4, -0.2) is 34.8 Å². The molecular formula is C22H20N4O3S. The number of carbonyl (C=O) groups excluding carboxylic acids is 2. The number of anilines is 2. The summed E-state index contributed by atoms with van der Waals surface area (Å²) in [5.74, 6) is 0.0529. The third-order valence-corrected chi connectivity index (χ3v) is 6.15. The Labute approximate surface area is 177 Å². The van der Waals surface area contributed by atoms with Gasteiger partial charge in [0.15, 0.2) is 11.7 Å². The molecule has 0 saturated carbocycles. The Morgan fingerprint density at radius 2 is 2.10 bits per heavy atom. The predicted molar refractivity (Wildman–Crippen MR) is 115 cm³/mol. The highest BCUT2D eigenvalue weighted by Gasteiger charge is 2.22. The number of nitrogens with one attached hydrogen (secondary N) is 2. The van der Waals surface area contributed by atoms with Gasteiger partial charge in [-0.25, -0.2) is 4.98 Å². The van der Waals surface area contributed by atoms with Gasteiger partial charge in [0.1, 0.15) is 5.75 Å². The number of aromatic nitrogens is 1. The lowest BCUT2D eigenvalue weighted by molar-refractivity contribution is -0.118. The minimum atomic E-state index is -0.245. The third-order valence-electron chi connectivity index (χ3n) is 5.16. The molecule has 0 saturated heterocycles. The highest BCUT2D eigenvalue weighted by Crippen LogP contribution is 2.31. The van der Waals surface area contributed by atoms with Crippen molar-refractivity contribution in [3.8, 4) is 5.75 Å². The average molecular weight is 420 g/mol. The number of fused-ring (bicyclic) bond motifs is 2. The molecule has 2 amide bonds. The summed E-state index contributed by atoms with van der Waals surface area (Å²) >= 11 is 1.53. The zero-order valence-electron chi connectivity index (χ0n) is 16.2. The second-order valence-electron chi connectivity index (χ2n) is 7.34. The number of thiazole rings is 1. The van der Waals surface area contributed by atoms with Crippen LogP contribution in [0.15, 0.2) is 48.5 Å². The van der Waals surface area contributed by atoms with E-state index in [0.717, 1.165) is 31.7 Å². The molecule has 7 nitrogen and oxygen atoms in total. The van der Waals surface area contributed by atoms with Crippen LogP contribution in [0, 0.1) is 0 Å². The zero-order chi connectivity index (χ0) is 20.5. The Bertz CT molecular complexity index is 1110. The van der Waals surface area contributed by atoms with E-state index in [1.54, 1.807) is 18.2 Å². The molecule has 3 aromatic rings. The number of carbonyl (C=O) groups is 2. The lowest BCUT2D eigenvalue weighted by Gasteiger charge is -2.25. The van der Waals surface area contributed by atoms with Gasteiger partial charge in [-0.1, -0.05) is 30.3 Å². The van der Waals surface area contributed by atoms with Crippen LogP contribution in [-0.2, 0) is 24.3 Å². The number of rotatable bonds is 4. The van der Waals surface area contributed by atoms with Gasteiger partial charge in [-0.3, -0.25) is 19.8 Å². The monoisotopic (exact) mass is 420 g/mol. The fourth-order valence-corrected chi connectivity index (χ4v) is 4.71. The second-order valence-corrected chi connectivity index (χ2v) is 8.42. The summed E-state index contributed by atoms with van der Waals surface area (Å²) in [5, 5.41) is 6.23. The van der Waals surface area contributed by atoms with Gasteiger partial charge < -0.3 is 10.1 Å². The molecule has 30 heavy (non-hydrogen) atoms. The highest BCUT2D eigenvalue weighted by molar-refractivity contribution is 7.15. The number of ether oxygens (including phenoxy) is 1. The van der Waals surface area contributed by atoms with E-state index in [-0.39, 0.29) is 18.4 Å². The molecule has 0 bridgehead atoms. The molecule has 0 atom stereocenters. The van der Waals surface area contributed by atoms with E-state index in [9.17, 15) is 9.59 Å². The van der Waals surface area contributed by atoms with Crippen LogP contribution in [0.25, 0.3) is 0 Å². The maximum Gasteiger partial charge on any atom is 0.262 e. The molecule has 0 fully saturated rings. The van der Waals surface area contributed by atoms with Crippen molar-refractivity contribution in [2.75, 3.05) is 23.8 Å². The SMILES string of the molecule is O=C1COc2cc(C(=O)Nc3nc4c(s3)CN(Cc3ccccc3)CC4)ccc2N1. The van der Waals surface area contributed by atoms with Crippen molar-refractivity contribution < 1.29 is 14.3 Å². The van der Waals surface area contributed by atoms with Gasteiger partial charge in [-0.2, -0.15) is 0 Å². The number of hydrogen-bond acceptors (Lipinski definition) is 6. The first kappa shape index (κ1) is 18.8. The van der Waals surface area contributed by atoms with Crippen molar-refractivity contribution in [2.45, 2.75) is 19.5 Å². The van der Waals surface area contributed by atoms with E-state index in [2.05, 4.69) is 44.8 Å². The third kappa shape index (κ3) is 3.92. The molecule has 1 aromatic heterocycles. The van der Waals surface area contributed by atoms with Gasteiger partial charge in [-0.15, -0.1) is 11.3 Å². The standard InChI is InChI=1S/C22H20N4O3S/c27-20-13-29-18-10-15(6-7-16(18)23-20)21(28)25-22-24-17-8-9-26(12-19(17)30-22)11-14-4-2-1-3-5-14/h1-7,10H,8-9,11-13H2,(H,23,27)(H,24,25,28). The highest BCUT2D eigenvalue weighted by atomic mass is 32.1. The smallest absolute Gasteiger partial charge is 0.262 e. The molecule has 5 rings (SSSR count). The minimum absolute atomic E-state index is 0.0449. The van der Waals surface area contributed by atoms with Crippen molar-refractivity contribution in [3.05, 3.63) is 70.2 Å². The normalized spacial score (nSPS) is 15.5. The Morgan fingerprint density at radius 3 is 2.97 bits per heavy atom. The van der Waals surface area contributed by atoms with Gasteiger partial charge in [0.25, 0.3) is 11.8 Å². The Balaban J connectivity index is 1.26. The van der Waals surface area contributed by atoms with Crippen molar-refractivity contribution in [3.63, 3.8) is 0 Å². The van der Waals surface area contributed by atoms with E-state index < -0.39 is 0 Å². The molecule has 2 N–H and O–H groups in total. The molecule has 0 aliphatic carbocycles. The Hall–Kier alpha value is -3.23. The molecule has 0 spiro atoms. The quantitative estimate of drug-likeness (QED) is 0.677. The van der Waals surface area contributed by atoms with Crippen LogP contribution in [0.3, 0.4) is 0 Å². The largest absolute Gasteiger partial charge is 0.482 e. The van der Waals surface area contributed by atoms with Gasteiger partial charge in [-0.05, 0) is 23.8 Å². The first-order chi connectivity index (χ1) is 14.6. The number of hydrogen-bond donors (Lipinski definition) is 2. The van der Waals surface area contributed by atoms with Gasteiger partial charge in [0.05, 0.1) is 11.4 Å². The number of benzene rings is 2. The number of nitrogens with zero attached hydrogens (tertiary/aromatic N) is 2. The van der Waals surface area contributed by atoms with Gasteiger partial charge in [0, 0.05) is 36.5 Å². The summed E-state index contributed by atoms with van der Waals surface area (Å²) in [4.78, 5) is 32.3. The van der Waals surface area contributed by atoms with Gasteiger partial charge in [0.2, 0.25) is 0 Å². The van der Waals surface area contributed by atoms with Crippen LogP contribution < -0.4 is 15.4 Å². The Kier molecular flexibility index (Phi) is 4.94. The summed E-state index contributed by atoms with van der Waals surface area (Å²) in [6.07, 6.45) is 0.876. The lowest BCUT2D eigenvalue weighted by Crippen LogP contribution is -2.29. The van der Waals surface area contributed by atoms with Crippen LogP contribution >= 0.6 is 11.3 Å². The molecule has 3 heterocycles. The van der Waals surface area contributed by atoms with Crippen molar-refractivity contribution in [2.24, 2.45) is 0 Å². The van der Waals surface area contributed by atoms with E-state index >= 15 is 0 Å². The van der Waals surface area contributed by atoms with E-state index in [4.69, 9.17) is 4.74 Å². The summed E-state index contributed by atoms with van der Waals surface area (Å²) < 4.78 is 5.39. The zero-order valence-corrected chi connectivity index (χ0v) is 17.0. The van der Waals surface area contributed by atoms with Crippen LogP contribution in [0.1, 0.15) is 26.5 Å². The van der Waals surface area contributed by atoms with Crippen LogP contribution in [0.4, 0.5) is 10.8 Å². The van der Waals surface area contributed by atoms with E-state index in [0.29, 0.717) is 22.1 Å². The molecule has 2 aliphatic heterocycles. The topological polar surface area (TPSA) is 83.6 Å². The molecular weight excluding hydrogens is 400 g/mol. The van der Waals surface area contributed by atoms with E-state index in [1.165, 1.54) is 21.8 Å². The van der Waals surface area contributed by atoms with Crippen LogP contribution in [0.2, 0.25) is 0 Å². The van der Waals surface area contributed by atoms with E-state index in [1.807, 2.05) is 6.07 Å². The molecule has 0 unspecified atom stereocenters. The first-order valence-electron chi connectivity index (χ1n) is 9.77. The molecule has 152 valence electrons. The Morgan fingerprint density at radius 1 is 1.23 bits per heavy atom. The fraction of sp³-hybridized carbons (Fsp3) is 0.227. The van der Waals surface area contributed by atoms with Gasteiger partial charge >= 0.3 is 0 Å². The van der Waals surface area contributed by atoms with Crippen molar-refractivity contribution in [1.29, 1.82) is 0 Å². The summed E-state index contributed by atoms with van der Waals surface area (Å²) in [7, 11) is 0. The van der Waals surface area contributed by atoms with Crippen molar-refractivity contribution in [1.82, 2.24) is 9.88 Å². The molecule has 0 radical (unpaired) electrons. The lowest BCUT2D eigenvalue weighted by atomic mass is 10.1. The average Bonchev–Trinajstić information content (AvgIpc) is 3.15. The summed E-state index contributed by atoms with van der Waals surface area (Å²) in [5.41, 5.74) is 3.40.